The Labute approximate surface area is 156 Å². The summed E-state index contributed by atoms with van der Waals surface area (Å²) in [5, 5.41) is 0. The molecule has 2 aliphatic heterocycles. The van der Waals surface area contributed by atoms with Gasteiger partial charge in [0.25, 0.3) is 0 Å². The number of aromatic nitrogens is 2. The second-order valence-electron chi connectivity index (χ2n) is 7.73. The topological polar surface area (TPSA) is 41.5 Å². The first-order valence-corrected chi connectivity index (χ1v) is 9.58. The third kappa shape index (κ3) is 4.11. The molecule has 0 amide bonds. The molecule has 2 aromatic rings. The van der Waals surface area contributed by atoms with Crippen LogP contribution >= 0.6 is 0 Å². The van der Waals surface area contributed by atoms with Crippen molar-refractivity contribution in [3.05, 3.63) is 60.2 Å². The fourth-order valence-electron chi connectivity index (χ4n) is 4.20. The molecule has 0 aliphatic carbocycles. The molecule has 2 aliphatic rings. The highest BCUT2D eigenvalue weighted by molar-refractivity contribution is 5.09. The molecule has 2 aromatic heterocycles. The van der Waals surface area contributed by atoms with Gasteiger partial charge in [0.15, 0.2) is 0 Å². The maximum Gasteiger partial charge on any atom is 0.0723 e. The molecule has 1 atom stereocenters. The Balaban J connectivity index is 1.28. The van der Waals surface area contributed by atoms with Gasteiger partial charge in [-0.1, -0.05) is 12.1 Å². The van der Waals surface area contributed by atoms with E-state index in [4.69, 9.17) is 4.74 Å². The molecule has 2 saturated heterocycles. The van der Waals surface area contributed by atoms with Crippen LogP contribution in [0.2, 0.25) is 0 Å². The number of pyridine rings is 2. The van der Waals surface area contributed by atoms with Gasteiger partial charge in [0.05, 0.1) is 17.9 Å². The highest BCUT2D eigenvalue weighted by Crippen LogP contribution is 2.37. The van der Waals surface area contributed by atoms with E-state index in [-0.39, 0.29) is 5.60 Å². The van der Waals surface area contributed by atoms with Gasteiger partial charge in [-0.15, -0.1) is 0 Å². The minimum atomic E-state index is 0.0779. The molecule has 4 heterocycles. The summed E-state index contributed by atoms with van der Waals surface area (Å²) in [4.78, 5) is 13.6. The highest BCUT2D eigenvalue weighted by Gasteiger charge is 2.43. The van der Waals surface area contributed by atoms with Gasteiger partial charge in [-0.05, 0) is 50.1 Å². The molecule has 5 heteroatoms. The first kappa shape index (κ1) is 17.6. The molecule has 5 nitrogen and oxygen atoms in total. The van der Waals surface area contributed by atoms with Gasteiger partial charge in [0, 0.05) is 50.8 Å². The van der Waals surface area contributed by atoms with Crippen LogP contribution in [0, 0.1) is 0 Å². The largest absolute Gasteiger partial charge is 0.373 e. The minimum Gasteiger partial charge on any atom is -0.373 e. The number of ether oxygens (including phenoxy) is 1. The molecule has 0 aromatic carbocycles. The fraction of sp³-hybridized carbons (Fsp3) is 0.524. The van der Waals surface area contributed by atoms with E-state index >= 15 is 0 Å². The van der Waals surface area contributed by atoms with Crippen LogP contribution in [-0.2, 0) is 17.8 Å². The molecule has 1 unspecified atom stereocenters. The summed E-state index contributed by atoms with van der Waals surface area (Å²) < 4.78 is 6.35. The lowest BCUT2D eigenvalue weighted by Gasteiger charge is -2.39. The molecule has 26 heavy (non-hydrogen) atoms. The lowest BCUT2D eigenvalue weighted by molar-refractivity contribution is -0.0452. The zero-order valence-corrected chi connectivity index (χ0v) is 15.6. The van der Waals surface area contributed by atoms with Gasteiger partial charge in [0.1, 0.15) is 0 Å². The molecule has 0 saturated carbocycles. The molecule has 0 N–H and O–H groups in total. The van der Waals surface area contributed by atoms with E-state index in [9.17, 15) is 0 Å². The van der Waals surface area contributed by atoms with Crippen molar-refractivity contribution in [1.29, 1.82) is 0 Å². The summed E-state index contributed by atoms with van der Waals surface area (Å²) in [6.45, 7) is 4.92. The molecular weight excluding hydrogens is 324 g/mol. The summed E-state index contributed by atoms with van der Waals surface area (Å²) in [6.07, 6.45) is 9.06. The van der Waals surface area contributed by atoms with Crippen molar-refractivity contribution in [2.24, 2.45) is 0 Å². The predicted octanol–water partition coefficient (Wildman–Crippen LogP) is 2.73. The van der Waals surface area contributed by atoms with E-state index < -0.39 is 0 Å². The normalized spacial score (nSPS) is 22.9. The maximum atomic E-state index is 6.35. The third-order valence-corrected chi connectivity index (χ3v) is 5.85. The quantitative estimate of drug-likeness (QED) is 0.828. The monoisotopic (exact) mass is 352 g/mol. The summed E-state index contributed by atoms with van der Waals surface area (Å²) in [5.74, 6) is 0. The van der Waals surface area contributed by atoms with Gasteiger partial charge in [-0.2, -0.15) is 0 Å². The number of rotatable bonds is 5. The Kier molecular flexibility index (Phi) is 5.29. The molecule has 2 fully saturated rings. The first-order valence-electron chi connectivity index (χ1n) is 9.58. The van der Waals surface area contributed by atoms with E-state index in [0.717, 1.165) is 57.7 Å². The fourth-order valence-corrected chi connectivity index (χ4v) is 4.20. The minimum absolute atomic E-state index is 0.0779. The van der Waals surface area contributed by atoms with Crippen LogP contribution in [0.4, 0.5) is 0 Å². The molecule has 1 spiro atoms. The lowest BCUT2D eigenvalue weighted by atomic mass is 9.87. The second-order valence-corrected chi connectivity index (χ2v) is 7.73. The van der Waals surface area contributed by atoms with Crippen molar-refractivity contribution in [2.75, 3.05) is 26.7 Å². The number of hydrogen-bond donors (Lipinski definition) is 0. The second kappa shape index (κ2) is 7.82. The molecular formula is C21H28N4O. The number of likely N-dealkylation sites (tertiary alicyclic amines) is 1. The Morgan fingerprint density at radius 3 is 2.81 bits per heavy atom. The van der Waals surface area contributed by atoms with Gasteiger partial charge in [-0.25, -0.2) is 0 Å². The van der Waals surface area contributed by atoms with E-state index in [1.165, 1.54) is 5.56 Å². The van der Waals surface area contributed by atoms with E-state index in [2.05, 4.69) is 45.0 Å². The van der Waals surface area contributed by atoms with E-state index in [1.807, 2.05) is 30.7 Å². The lowest BCUT2D eigenvalue weighted by Crippen LogP contribution is -2.44. The number of nitrogens with zero attached hydrogens (tertiary/aromatic N) is 4. The SMILES string of the molecule is CN(Cc1ccccn1)C1COC2(CCN(Cc3cccnc3)CC2)C1. The van der Waals surface area contributed by atoms with Gasteiger partial charge < -0.3 is 4.74 Å². The van der Waals surface area contributed by atoms with Crippen LogP contribution < -0.4 is 0 Å². The molecule has 0 radical (unpaired) electrons. The number of likely N-dealkylation sites (N-methyl/N-ethyl adjacent to an activating group) is 1. The van der Waals surface area contributed by atoms with E-state index in [1.54, 1.807) is 0 Å². The van der Waals surface area contributed by atoms with Crippen LogP contribution in [0.15, 0.2) is 48.9 Å². The summed E-state index contributed by atoms with van der Waals surface area (Å²) >= 11 is 0. The molecule has 4 rings (SSSR count). The van der Waals surface area contributed by atoms with Crippen LogP contribution in [0.5, 0.6) is 0 Å². The molecule has 138 valence electrons. The zero-order valence-electron chi connectivity index (χ0n) is 15.6. The smallest absolute Gasteiger partial charge is 0.0723 e. The zero-order chi connectivity index (χ0) is 17.8. The van der Waals surface area contributed by atoms with Crippen molar-refractivity contribution in [1.82, 2.24) is 19.8 Å². The summed E-state index contributed by atoms with van der Waals surface area (Å²) in [7, 11) is 2.19. The Morgan fingerprint density at radius 1 is 1.19 bits per heavy atom. The average molecular weight is 352 g/mol. The molecule has 0 bridgehead atoms. The van der Waals surface area contributed by atoms with Gasteiger partial charge in [0.2, 0.25) is 0 Å². The van der Waals surface area contributed by atoms with Crippen LogP contribution in [0.3, 0.4) is 0 Å². The van der Waals surface area contributed by atoms with Gasteiger partial charge in [-0.3, -0.25) is 19.8 Å². The Bertz CT molecular complexity index is 686. The van der Waals surface area contributed by atoms with Crippen molar-refractivity contribution in [3.63, 3.8) is 0 Å². The van der Waals surface area contributed by atoms with Crippen molar-refractivity contribution < 1.29 is 4.74 Å². The van der Waals surface area contributed by atoms with Crippen LogP contribution in [0.1, 0.15) is 30.5 Å². The standard InChI is InChI=1S/C21H28N4O/c1-24(16-19-6-2-3-10-23-19)20-13-21(26-17-20)7-11-25(12-8-21)15-18-5-4-9-22-14-18/h2-6,9-10,14,20H,7-8,11-13,15-17H2,1H3. The maximum absolute atomic E-state index is 6.35. The first-order chi connectivity index (χ1) is 12.7. The average Bonchev–Trinajstić information content (AvgIpc) is 3.10. The van der Waals surface area contributed by atoms with Crippen molar-refractivity contribution >= 4 is 0 Å². The van der Waals surface area contributed by atoms with Gasteiger partial charge >= 0.3 is 0 Å². The third-order valence-electron chi connectivity index (χ3n) is 5.85. The number of hydrogen-bond acceptors (Lipinski definition) is 5. The van der Waals surface area contributed by atoms with Crippen LogP contribution in [0.25, 0.3) is 0 Å². The Morgan fingerprint density at radius 2 is 2.08 bits per heavy atom. The van der Waals surface area contributed by atoms with Crippen molar-refractivity contribution in [3.8, 4) is 0 Å². The summed E-state index contributed by atoms with van der Waals surface area (Å²) in [5.41, 5.74) is 2.50. The van der Waals surface area contributed by atoms with Crippen molar-refractivity contribution in [2.45, 2.75) is 44.0 Å². The number of piperidine rings is 1. The Hall–Kier alpha value is -1.82. The van der Waals surface area contributed by atoms with E-state index in [0.29, 0.717) is 6.04 Å². The predicted molar refractivity (Wildman–Crippen MR) is 102 cm³/mol. The highest BCUT2D eigenvalue weighted by atomic mass is 16.5. The van der Waals surface area contributed by atoms with Crippen LogP contribution in [-0.4, -0.2) is 58.2 Å². The summed E-state index contributed by atoms with van der Waals surface area (Å²) in [6, 6.07) is 10.8.